The Balaban J connectivity index is 1.40. The van der Waals surface area contributed by atoms with E-state index in [9.17, 15) is 9.59 Å². The minimum Gasteiger partial charge on any atom is -0.404 e. The van der Waals surface area contributed by atoms with E-state index in [1.165, 1.54) is 4.90 Å². The van der Waals surface area contributed by atoms with Crippen molar-refractivity contribution in [1.82, 2.24) is 4.90 Å². The highest BCUT2D eigenvalue weighted by Crippen LogP contribution is 2.26. The van der Waals surface area contributed by atoms with Gasteiger partial charge in [-0.2, -0.15) is 0 Å². The lowest BCUT2D eigenvalue weighted by molar-refractivity contribution is -0.955. The zero-order chi connectivity index (χ0) is 15.8. The highest BCUT2D eigenvalue weighted by atomic mass is 16.6. The van der Waals surface area contributed by atoms with E-state index in [0.717, 1.165) is 31.5 Å². The number of hydrogen-bond donors (Lipinski definition) is 1. The van der Waals surface area contributed by atoms with Gasteiger partial charge in [0.1, 0.15) is 6.10 Å². The lowest BCUT2D eigenvalue weighted by Gasteiger charge is -2.35. The second kappa shape index (κ2) is 5.94. The van der Waals surface area contributed by atoms with Crippen LogP contribution in [0.1, 0.15) is 35.0 Å². The lowest BCUT2D eigenvalue weighted by atomic mass is 10.1. The van der Waals surface area contributed by atoms with Crippen molar-refractivity contribution >= 4 is 11.9 Å². The molecule has 1 amide bonds. The molecule has 2 unspecified atom stereocenters. The van der Waals surface area contributed by atoms with Crippen LogP contribution in [0.3, 0.4) is 0 Å². The van der Waals surface area contributed by atoms with Crippen molar-refractivity contribution in [3.63, 3.8) is 0 Å². The van der Waals surface area contributed by atoms with E-state index in [1.807, 2.05) is 29.2 Å². The van der Waals surface area contributed by atoms with Gasteiger partial charge in [0.15, 0.2) is 0 Å². The Morgan fingerprint density at radius 1 is 1.22 bits per heavy atom. The van der Waals surface area contributed by atoms with Gasteiger partial charge in [-0.15, -0.1) is 0 Å². The van der Waals surface area contributed by atoms with Gasteiger partial charge in [0.2, 0.25) is 0 Å². The molecule has 3 heterocycles. The Morgan fingerprint density at radius 2 is 2.00 bits per heavy atom. The van der Waals surface area contributed by atoms with E-state index in [-0.39, 0.29) is 24.2 Å². The molecule has 1 aromatic rings. The first-order valence-electron chi connectivity index (χ1n) is 8.29. The zero-order valence-electron chi connectivity index (χ0n) is 13.0. The van der Waals surface area contributed by atoms with E-state index >= 15 is 0 Å². The number of rotatable bonds is 2. The summed E-state index contributed by atoms with van der Waals surface area (Å²) in [6.45, 7) is 3.63. The SMILES string of the molecule is O=C1OC([NH+]2CCN(C(=O)C3CCCO3)CC2)c2ccccc21. The number of esters is 1. The number of benzene rings is 1. The lowest BCUT2D eigenvalue weighted by Crippen LogP contribution is -3.15. The number of nitrogens with one attached hydrogen (secondary N) is 1. The van der Waals surface area contributed by atoms with Crippen molar-refractivity contribution in [1.29, 1.82) is 0 Å². The predicted molar refractivity (Wildman–Crippen MR) is 80.8 cm³/mol. The summed E-state index contributed by atoms with van der Waals surface area (Å²) in [6, 6.07) is 7.57. The summed E-state index contributed by atoms with van der Waals surface area (Å²) < 4.78 is 11.1. The summed E-state index contributed by atoms with van der Waals surface area (Å²) in [4.78, 5) is 27.4. The molecule has 3 aliphatic heterocycles. The zero-order valence-corrected chi connectivity index (χ0v) is 13.0. The fourth-order valence-electron chi connectivity index (χ4n) is 3.70. The number of quaternary nitrogens is 1. The third-order valence-corrected chi connectivity index (χ3v) is 4.98. The molecular weight excluding hydrogens is 296 g/mol. The van der Waals surface area contributed by atoms with Gasteiger partial charge in [0, 0.05) is 6.61 Å². The average Bonchev–Trinajstić information content (AvgIpc) is 3.23. The molecule has 2 atom stereocenters. The largest absolute Gasteiger partial charge is 0.404 e. The molecule has 6 nitrogen and oxygen atoms in total. The third-order valence-electron chi connectivity index (χ3n) is 4.98. The predicted octanol–water partition coefficient (Wildman–Crippen LogP) is -0.238. The average molecular weight is 317 g/mol. The van der Waals surface area contributed by atoms with Crippen LogP contribution >= 0.6 is 0 Å². The van der Waals surface area contributed by atoms with Crippen LogP contribution in [0.4, 0.5) is 0 Å². The first kappa shape index (κ1) is 14.7. The molecule has 0 aromatic heterocycles. The van der Waals surface area contributed by atoms with Crippen molar-refractivity contribution in [3.8, 4) is 0 Å². The monoisotopic (exact) mass is 317 g/mol. The van der Waals surface area contributed by atoms with Crippen molar-refractivity contribution in [2.24, 2.45) is 0 Å². The van der Waals surface area contributed by atoms with Crippen LogP contribution in [-0.2, 0) is 14.3 Å². The van der Waals surface area contributed by atoms with Gasteiger partial charge in [0.25, 0.3) is 12.1 Å². The van der Waals surface area contributed by atoms with Crippen LogP contribution in [0, 0.1) is 0 Å². The van der Waals surface area contributed by atoms with Crippen LogP contribution in [-0.4, -0.2) is 55.7 Å². The first-order valence-corrected chi connectivity index (χ1v) is 8.29. The second-order valence-corrected chi connectivity index (χ2v) is 6.36. The fourth-order valence-corrected chi connectivity index (χ4v) is 3.70. The maximum Gasteiger partial charge on any atom is 0.343 e. The van der Waals surface area contributed by atoms with Crippen LogP contribution in [0.5, 0.6) is 0 Å². The highest BCUT2D eigenvalue weighted by Gasteiger charge is 2.40. The molecule has 0 radical (unpaired) electrons. The standard InChI is InChI=1S/C17H20N2O4/c20-15(14-6-3-11-22-14)18-7-9-19(10-8-18)16-12-4-1-2-5-13(12)17(21)23-16/h1-2,4-5,14,16H,3,6-11H2/p+1. The molecule has 1 aromatic carbocycles. The number of ether oxygens (including phenoxy) is 2. The molecule has 23 heavy (non-hydrogen) atoms. The van der Waals surface area contributed by atoms with Crippen molar-refractivity contribution in [2.45, 2.75) is 25.2 Å². The van der Waals surface area contributed by atoms with Gasteiger partial charge in [-0.3, -0.25) is 9.69 Å². The summed E-state index contributed by atoms with van der Waals surface area (Å²) in [6.07, 6.45) is 1.32. The maximum atomic E-state index is 12.4. The van der Waals surface area contributed by atoms with Gasteiger partial charge in [-0.1, -0.05) is 12.1 Å². The van der Waals surface area contributed by atoms with E-state index < -0.39 is 0 Å². The number of nitrogens with zero attached hydrogens (tertiary/aromatic N) is 1. The summed E-state index contributed by atoms with van der Waals surface area (Å²) in [5.74, 6) is -0.124. The summed E-state index contributed by atoms with van der Waals surface area (Å²) >= 11 is 0. The molecule has 0 saturated carbocycles. The van der Waals surface area contributed by atoms with Gasteiger partial charge in [-0.25, -0.2) is 4.79 Å². The Hall–Kier alpha value is -1.92. The van der Waals surface area contributed by atoms with E-state index in [1.54, 1.807) is 0 Å². The Labute approximate surface area is 134 Å². The quantitative estimate of drug-likeness (QED) is 0.765. The van der Waals surface area contributed by atoms with Crippen LogP contribution < -0.4 is 4.90 Å². The van der Waals surface area contributed by atoms with Gasteiger partial charge < -0.3 is 14.4 Å². The molecule has 122 valence electrons. The number of piperazine rings is 1. The molecule has 4 rings (SSSR count). The number of cyclic esters (lactones) is 1. The van der Waals surface area contributed by atoms with Crippen LogP contribution in [0.2, 0.25) is 0 Å². The Bertz CT molecular complexity index is 619. The minimum atomic E-state index is -0.249. The molecular formula is C17H21N2O4+. The number of hydrogen-bond acceptors (Lipinski definition) is 4. The Kier molecular flexibility index (Phi) is 3.79. The van der Waals surface area contributed by atoms with Gasteiger partial charge in [0.05, 0.1) is 37.3 Å². The molecule has 1 N–H and O–H groups in total. The van der Waals surface area contributed by atoms with Crippen LogP contribution in [0.15, 0.2) is 24.3 Å². The van der Waals surface area contributed by atoms with Crippen molar-refractivity contribution in [3.05, 3.63) is 35.4 Å². The normalized spacial score (nSPS) is 27.8. The molecule has 2 fully saturated rings. The number of fused-ring (bicyclic) bond motifs is 1. The molecule has 0 aliphatic carbocycles. The molecule has 0 spiro atoms. The Morgan fingerprint density at radius 3 is 2.74 bits per heavy atom. The van der Waals surface area contributed by atoms with Gasteiger partial charge in [-0.05, 0) is 25.0 Å². The smallest absolute Gasteiger partial charge is 0.343 e. The van der Waals surface area contributed by atoms with E-state index in [4.69, 9.17) is 9.47 Å². The third kappa shape index (κ3) is 2.62. The molecule has 2 saturated heterocycles. The summed E-state index contributed by atoms with van der Waals surface area (Å²) in [7, 11) is 0. The molecule has 3 aliphatic rings. The molecule has 0 bridgehead atoms. The van der Waals surface area contributed by atoms with Gasteiger partial charge >= 0.3 is 5.97 Å². The highest BCUT2D eigenvalue weighted by molar-refractivity contribution is 5.93. The van der Waals surface area contributed by atoms with Crippen molar-refractivity contribution in [2.75, 3.05) is 32.8 Å². The summed E-state index contributed by atoms with van der Waals surface area (Å²) in [5.41, 5.74) is 1.63. The number of amides is 1. The first-order chi connectivity index (χ1) is 11.2. The number of carbonyl (C=O) groups excluding carboxylic acids is 2. The minimum absolute atomic E-state index is 0.116. The topological polar surface area (TPSA) is 60.3 Å². The van der Waals surface area contributed by atoms with E-state index in [0.29, 0.717) is 25.3 Å². The fraction of sp³-hybridized carbons (Fsp3) is 0.529. The van der Waals surface area contributed by atoms with Crippen molar-refractivity contribution < 1.29 is 24.0 Å². The van der Waals surface area contributed by atoms with Crippen LogP contribution in [0.25, 0.3) is 0 Å². The molecule has 6 heteroatoms. The maximum absolute atomic E-state index is 12.4. The summed E-state index contributed by atoms with van der Waals surface area (Å²) in [5, 5.41) is 0. The second-order valence-electron chi connectivity index (χ2n) is 6.36. The van der Waals surface area contributed by atoms with E-state index in [2.05, 4.69) is 0 Å². The number of carbonyl (C=O) groups is 2.